The Morgan fingerprint density at radius 1 is 1.56 bits per heavy atom. The van der Waals surface area contributed by atoms with Gasteiger partial charge in [-0.05, 0) is 19.8 Å². The van der Waals surface area contributed by atoms with Gasteiger partial charge in [0.25, 0.3) is 0 Å². The predicted octanol–water partition coefficient (Wildman–Crippen LogP) is 0.982. The van der Waals surface area contributed by atoms with Gasteiger partial charge in [0, 0.05) is 0 Å². The molecule has 0 spiro atoms. The van der Waals surface area contributed by atoms with Gasteiger partial charge in [0.2, 0.25) is 0 Å². The molecule has 0 heterocycles. The van der Waals surface area contributed by atoms with E-state index in [1.807, 2.05) is 13.8 Å². The Morgan fingerprint density at radius 3 is 1.89 bits per heavy atom. The van der Waals surface area contributed by atoms with Gasteiger partial charge in [0.15, 0.2) is 5.78 Å². The van der Waals surface area contributed by atoms with Crippen molar-refractivity contribution in [2.75, 3.05) is 0 Å². The van der Waals surface area contributed by atoms with Crippen LogP contribution in [-0.2, 0) is 4.79 Å². The standard InChI is InChI=1S/C7H14O2/c1-5(2)7(4,9)6(3)8/h5,9H,1-4H3. The molecule has 54 valence electrons. The van der Waals surface area contributed by atoms with E-state index in [2.05, 4.69) is 0 Å². The van der Waals surface area contributed by atoms with E-state index >= 15 is 0 Å². The monoisotopic (exact) mass is 130 g/mol. The second-order valence-electron chi connectivity index (χ2n) is 2.86. The summed E-state index contributed by atoms with van der Waals surface area (Å²) < 4.78 is 0. The molecule has 0 aromatic rings. The van der Waals surface area contributed by atoms with E-state index in [9.17, 15) is 9.90 Å². The molecule has 0 rings (SSSR count). The van der Waals surface area contributed by atoms with E-state index in [1.54, 1.807) is 6.92 Å². The van der Waals surface area contributed by atoms with Crippen LogP contribution in [0.5, 0.6) is 0 Å². The van der Waals surface area contributed by atoms with Crippen LogP contribution in [0.3, 0.4) is 0 Å². The molecule has 0 aliphatic heterocycles. The number of carbonyl (C=O) groups excluding carboxylic acids is 1. The normalized spacial score (nSPS) is 17.6. The highest BCUT2D eigenvalue weighted by Crippen LogP contribution is 2.16. The van der Waals surface area contributed by atoms with Gasteiger partial charge in [-0.3, -0.25) is 4.79 Å². The number of Topliss-reactive ketones (excluding diaryl/α,β-unsaturated/α-hetero) is 1. The zero-order valence-corrected chi connectivity index (χ0v) is 6.43. The van der Waals surface area contributed by atoms with Crippen molar-refractivity contribution in [1.82, 2.24) is 0 Å². The topological polar surface area (TPSA) is 37.3 Å². The Labute approximate surface area is 55.9 Å². The molecule has 1 unspecified atom stereocenters. The number of hydrogen-bond acceptors (Lipinski definition) is 2. The molecule has 1 atom stereocenters. The molecule has 2 heteroatoms. The molecule has 0 aliphatic rings. The molecular formula is C7H14O2. The fraction of sp³-hybridized carbons (Fsp3) is 0.857. The smallest absolute Gasteiger partial charge is 0.161 e. The molecular weight excluding hydrogens is 116 g/mol. The van der Waals surface area contributed by atoms with Crippen LogP contribution in [-0.4, -0.2) is 16.5 Å². The third-order valence-electron chi connectivity index (χ3n) is 1.84. The predicted molar refractivity (Wildman–Crippen MR) is 36.1 cm³/mol. The largest absolute Gasteiger partial charge is 0.382 e. The number of rotatable bonds is 2. The first-order valence-corrected chi connectivity index (χ1v) is 3.12. The Morgan fingerprint density at radius 2 is 1.89 bits per heavy atom. The van der Waals surface area contributed by atoms with Crippen molar-refractivity contribution in [3.05, 3.63) is 0 Å². The quantitative estimate of drug-likeness (QED) is 0.605. The third kappa shape index (κ3) is 1.79. The van der Waals surface area contributed by atoms with Crippen molar-refractivity contribution in [1.29, 1.82) is 0 Å². The zero-order valence-electron chi connectivity index (χ0n) is 6.43. The van der Waals surface area contributed by atoms with Crippen molar-refractivity contribution in [2.45, 2.75) is 33.3 Å². The molecule has 0 saturated carbocycles. The summed E-state index contributed by atoms with van der Waals surface area (Å²) in [6.45, 7) is 6.59. The molecule has 2 nitrogen and oxygen atoms in total. The second kappa shape index (κ2) is 2.48. The lowest BCUT2D eigenvalue weighted by Crippen LogP contribution is -2.38. The fourth-order valence-corrected chi connectivity index (χ4v) is 0.407. The van der Waals surface area contributed by atoms with E-state index in [1.165, 1.54) is 6.92 Å². The molecule has 0 amide bonds. The van der Waals surface area contributed by atoms with Gasteiger partial charge >= 0.3 is 0 Å². The van der Waals surface area contributed by atoms with E-state index < -0.39 is 5.60 Å². The van der Waals surface area contributed by atoms with Crippen LogP contribution in [0.2, 0.25) is 0 Å². The van der Waals surface area contributed by atoms with Gasteiger partial charge in [-0.1, -0.05) is 13.8 Å². The molecule has 1 N–H and O–H groups in total. The van der Waals surface area contributed by atoms with E-state index in [0.29, 0.717) is 0 Å². The number of carbonyl (C=O) groups is 1. The minimum Gasteiger partial charge on any atom is -0.382 e. The van der Waals surface area contributed by atoms with E-state index in [4.69, 9.17) is 0 Å². The fourth-order valence-electron chi connectivity index (χ4n) is 0.407. The SMILES string of the molecule is CC(=O)C(C)(O)C(C)C. The maximum Gasteiger partial charge on any atom is 0.161 e. The number of aliphatic hydroxyl groups is 1. The molecule has 0 aromatic carbocycles. The maximum atomic E-state index is 10.7. The first-order chi connectivity index (χ1) is 3.89. The molecule has 9 heavy (non-hydrogen) atoms. The molecule has 0 aromatic heterocycles. The summed E-state index contributed by atoms with van der Waals surface area (Å²) in [7, 11) is 0. The average molecular weight is 130 g/mol. The summed E-state index contributed by atoms with van der Waals surface area (Å²) in [6.07, 6.45) is 0. The summed E-state index contributed by atoms with van der Waals surface area (Å²) in [5, 5.41) is 9.32. The zero-order chi connectivity index (χ0) is 7.65. The van der Waals surface area contributed by atoms with Crippen LogP contribution in [0, 0.1) is 5.92 Å². The van der Waals surface area contributed by atoms with Crippen LogP contribution in [0.25, 0.3) is 0 Å². The molecule has 0 bridgehead atoms. The van der Waals surface area contributed by atoms with E-state index in [-0.39, 0.29) is 11.7 Å². The average Bonchev–Trinajstić information content (AvgIpc) is 1.65. The molecule has 0 saturated heterocycles. The van der Waals surface area contributed by atoms with Crippen LogP contribution < -0.4 is 0 Å². The summed E-state index contributed by atoms with van der Waals surface area (Å²) in [5.41, 5.74) is -1.14. The highest BCUT2D eigenvalue weighted by Gasteiger charge is 2.29. The third-order valence-corrected chi connectivity index (χ3v) is 1.84. The molecule has 0 fully saturated rings. The molecule has 0 radical (unpaired) electrons. The second-order valence-corrected chi connectivity index (χ2v) is 2.86. The van der Waals surface area contributed by atoms with Crippen LogP contribution >= 0.6 is 0 Å². The van der Waals surface area contributed by atoms with Crippen LogP contribution in [0.4, 0.5) is 0 Å². The van der Waals surface area contributed by atoms with Gasteiger partial charge in [-0.25, -0.2) is 0 Å². The van der Waals surface area contributed by atoms with Crippen molar-refractivity contribution >= 4 is 5.78 Å². The van der Waals surface area contributed by atoms with Crippen molar-refractivity contribution in [3.8, 4) is 0 Å². The number of ketones is 1. The lowest BCUT2D eigenvalue weighted by atomic mass is 9.89. The van der Waals surface area contributed by atoms with Crippen LogP contribution in [0.15, 0.2) is 0 Å². The van der Waals surface area contributed by atoms with E-state index in [0.717, 1.165) is 0 Å². The highest BCUT2D eigenvalue weighted by molar-refractivity contribution is 5.84. The summed E-state index contributed by atoms with van der Waals surface area (Å²) in [6, 6.07) is 0. The minimum absolute atomic E-state index is 0.00463. The first kappa shape index (κ1) is 8.63. The van der Waals surface area contributed by atoms with Gasteiger partial charge in [0.1, 0.15) is 5.60 Å². The summed E-state index contributed by atoms with van der Waals surface area (Å²) in [5.74, 6) is -0.174. The number of hydrogen-bond donors (Lipinski definition) is 1. The summed E-state index contributed by atoms with van der Waals surface area (Å²) in [4.78, 5) is 10.7. The maximum absolute atomic E-state index is 10.7. The Balaban J connectivity index is 4.19. The Hall–Kier alpha value is -0.370. The minimum atomic E-state index is -1.14. The first-order valence-electron chi connectivity index (χ1n) is 3.12. The Kier molecular flexibility index (Phi) is 2.38. The van der Waals surface area contributed by atoms with Crippen LogP contribution in [0.1, 0.15) is 27.7 Å². The van der Waals surface area contributed by atoms with Gasteiger partial charge < -0.3 is 5.11 Å². The Bertz CT molecular complexity index is 114. The van der Waals surface area contributed by atoms with Gasteiger partial charge in [0.05, 0.1) is 0 Å². The summed E-state index contributed by atoms with van der Waals surface area (Å²) >= 11 is 0. The van der Waals surface area contributed by atoms with Crippen molar-refractivity contribution < 1.29 is 9.90 Å². The highest BCUT2D eigenvalue weighted by atomic mass is 16.3. The van der Waals surface area contributed by atoms with Gasteiger partial charge in [-0.15, -0.1) is 0 Å². The van der Waals surface area contributed by atoms with Crippen molar-refractivity contribution in [3.63, 3.8) is 0 Å². The lowest BCUT2D eigenvalue weighted by Gasteiger charge is -2.23. The lowest BCUT2D eigenvalue weighted by molar-refractivity contribution is -0.137. The van der Waals surface area contributed by atoms with Gasteiger partial charge in [-0.2, -0.15) is 0 Å². The molecule has 0 aliphatic carbocycles. The van der Waals surface area contributed by atoms with Crippen molar-refractivity contribution in [2.24, 2.45) is 5.92 Å².